The zero-order valence-corrected chi connectivity index (χ0v) is 19.6. The predicted octanol–water partition coefficient (Wildman–Crippen LogP) is 4.31. The van der Waals surface area contributed by atoms with Crippen molar-refractivity contribution < 1.29 is 24.2 Å². The normalized spacial score (nSPS) is 14.5. The second-order valence-corrected chi connectivity index (χ2v) is 9.33. The van der Waals surface area contributed by atoms with Crippen molar-refractivity contribution >= 4 is 18.0 Å². The highest BCUT2D eigenvalue weighted by Gasteiger charge is 2.38. The van der Waals surface area contributed by atoms with Gasteiger partial charge in [0.25, 0.3) is 0 Å². The Labute approximate surface area is 194 Å². The number of benzene rings is 2. The van der Waals surface area contributed by atoms with Crippen LogP contribution in [0.25, 0.3) is 11.1 Å². The number of fused-ring (bicyclic) bond motifs is 3. The Morgan fingerprint density at radius 3 is 2.03 bits per heavy atom. The predicted molar refractivity (Wildman–Crippen MR) is 126 cm³/mol. The summed E-state index contributed by atoms with van der Waals surface area (Å²) in [6.07, 6.45) is 0.0573. The zero-order chi connectivity index (χ0) is 24.2. The molecule has 1 aliphatic rings. The van der Waals surface area contributed by atoms with Crippen molar-refractivity contribution in [3.63, 3.8) is 0 Å². The Bertz CT molecular complexity index is 1000. The second-order valence-electron chi connectivity index (χ2n) is 9.33. The maximum absolute atomic E-state index is 12.6. The van der Waals surface area contributed by atoms with Gasteiger partial charge in [-0.2, -0.15) is 0 Å². The topological polar surface area (TPSA) is 105 Å². The van der Waals surface area contributed by atoms with E-state index >= 15 is 0 Å². The Hall–Kier alpha value is -3.35. The van der Waals surface area contributed by atoms with Crippen LogP contribution in [0.1, 0.15) is 57.6 Å². The third kappa shape index (κ3) is 5.18. The Kier molecular flexibility index (Phi) is 7.10. The van der Waals surface area contributed by atoms with Crippen LogP contribution in [0.3, 0.4) is 0 Å². The molecule has 7 heteroatoms. The average Bonchev–Trinajstić information content (AvgIpc) is 3.11. The summed E-state index contributed by atoms with van der Waals surface area (Å²) < 4.78 is 5.52. The van der Waals surface area contributed by atoms with Crippen LogP contribution in [0.15, 0.2) is 48.5 Å². The number of carboxylic acids is 1. The molecule has 3 rings (SSSR count). The fourth-order valence-electron chi connectivity index (χ4n) is 3.95. The smallest absolute Gasteiger partial charge is 0.407 e. The number of alkyl carbamates (subject to hydrolysis) is 1. The SMILES string of the molecule is CCC(C)(NC(=O)C(C)(C)CCNC(=O)OCC1c2ccccc2-c2ccccc21)C(=O)O. The largest absolute Gasteiger partial charge is 0.480 e. The van der Waals surface area contributed by atoms with Crippen molar-refractivity contribution in [2.45, 2.75) is 52.0 Å². The van der Waals surface area contributed by atoms with Gasteiger partial charge in [-0.15, -0.1) is 0 Å². The van der Waals surface area contributed by atoms with Crippen molar-refractivity contribution in [2.75, 3.05) is 13.2 Å². The van der Waals surface area contributed by atoms with E-state index in [0.717, 1.165) is 22.3 Å². The minimum atomic E-state index is -1.32. The van der Waals surface area contributed by atoms with Crippen molar-refractivity contribution in [3.8, 4) is 11.1 Å². The minimum absolute atomic E-state index is 0.0203. The molecule has 176 valence electrons. The number of carbonyl (C=O) groups is 3. The van der Waals surface area contributed by atoms with Gasteiger partial charge in [-0.3, -0.25) is 4.79 Å². The molecule has 2 amide bonds. The molecule has 1 unspecified atom stereocenters. The van der Waals surface area contributed by atoms with Crippen LogP contribution >= 0.6 is 0 Å². The molecule has 0 spiro atoms. The zero-order valence-electron chi connectivity index (χ0n) is 19.6. The van der Waals surface area contributed by atoms with Crippen LogP contribution in [0, 0.1) is 5.41 Å². The van der Waals surface area contributed by atoms with E-state index in [2.05, 4.69) is 34.9 Å². The second kappa shape index (κ2) is 9.65. The fraction of sp³-hybridized carbons (Fsp3) is 0.423. The molecule has 3 N–H and O–H groups in total. The summed E-state index contributed by atoms with van der Waals surface area (Å²) in [5, 5.41) is 14.7. The molecule has 0 bridgehead atoms. The first-order valence-electron chi connectivity index (χ1n) is 11.2. The number of aliphatic carboxylic acids is 1. The summed E-state index contributed by atoms with van der Waals surface area (Å²) in [6, 6.07) is 16.3. The molecule has 0 fully saturated rings. The molecule has 7 nitrogen and oxygen atoms in total. The number of hydrogen-bond donors (Lipinski definition) is 3. The van der Waals surface area contributed by atoms with Crippen LogP contribution in [0.4, 0.5) is 4.79 Å². The van der Waals surface area contributed by atoms with Crippen LogP contribution in [0.2, 0.25) is 0 Å². The van der Waals surface area contributed by atoms with Crippen LogP contribution in [-0.4, -0.2) is 41.8 Å². The Morgan fingerprint density at radius 1 is 0.970 bits per heavy atom. The van der Waals surface area contributed by atoms with Crippen molar-refractivity contribution in [1.29, 1.82) is 0 Å². The number of amides is 2. The van der Waals surface area contributed by atoms with E-state index in [9.17, 15) is 19.5 Å². The minimum Gasteiger partial charge on any atom is -0.480 e. The molecule has 1 aliphatic carbocycles. The molecule has 1 atom stereocenters. The van der Waals surface area contributed by atoms with Gasteiger partial charge in [0.05, 0.1) is 0 Å². The van der Waals surface area contributed by atoms with Gasteiger partial charge in [0, 0.05) is 17.9 Å². The quantitative estimate of drug-likeness (QED) is 0.526. The van der Waals surface area contributed by atoms with Gasteiger partial charge in [0.2, 0.25) is 5.91 Å². The van der Waals surface area contributed by atoms with E-state index in [1.54, 1.807) is 20.8 Å². The third-order valence-electron chi connectivity index (χ3n) is 6.55. The summed E-state index contributed by atoms with van der Waals surface area (Å²) in [6.45, 7) is 7.09. The van der Waals surface area contributed by atoms with Crippen molar-refractivity contribution in [3.05, 3.63) is 59.7 Å². The van der Waals surface area contributed by atoms with E-state index in [1.165, 1.54) is 6.92 Å². The lowest BCUT2D eigenvalue weighted by molar-refractivity contribution is -0.148. The summed E-state index contributed by atoms with van der Waals surface area (Å²) in [5.74, 6) is -1.47. The maximum Gasteiger partial charge on any atom is 0.407 e. The molecule has 2 aromatic rings. The molecule has 2 aromatic carbocycles. The molecule has 0 aliphatic heterocycles. The van der Waals surface area contributed by atoms with Crippen LogP contribution in [0.5, 0.6) is 0 Å². The Morgan fingerprint density at radius 2 is 1.52 bits per heavy atom. The lowest BCUT2D eigenvalue weighted by Crippen LogP contribution is -2.55. The molecule has 0 radical (unpaired) electrons. The van der Waals surface area contributed by atoms with Crippen LogP contribution < -0.4 is 10.6 Å². The van der Waals surface area contributed by atoms with Crippen LogP contribution in [-0.2, 0) is 14.3 Å². The standard InChI is InChI=1S/C26H32N2O5/c1-5-26(4,23(30)31)28-22(29)25(2,3)14-15-27-24(32)33-16-21-19-12-8-6-10-17(19)18-11-7-9-13-20(18)21/h6-13,21H,5,14-16H2,1-4H3,(H,27,32)(H,28,29)(H,30,31). The summed E-state index contributed by atoms with van der Waals surface area (Å²) in [7, 11) is 0. The number of hydrogen-bond acceptors (Lipinski definition) is 4. The van der Waals surface area contributed by atoms with E-state index in [4.69, 9.17) is 4.74 Å². The summed E-state index contributed by atoms with van der Waals surface area (Å²) >= 11 is 0. The highest BCUT2D eigenvalue weighted by atomic mass is 16.5. The average molecular weight is 453 g/mol. The molecule has 0 saturated heterocycles. The number of nitrogens with one attached hydrogen (secondary N) is 2. The highest BCUT2D eigenvalue weighted by molar-refractivity contribution is 5.89. The lowest BCUT2D eigenvalue weighted by Gasteiger charge is -2.31. The fourth-order valence-corrected chi connectivity index (χ4v) is 3.95. The van der Waals surface area contributed by atoms with Crippen molar-refractivity contribution in [2.24, 2.45) is 5.41 Å². The molecule has 0 aromatic heterocycles. The number of carboxylic acid groups (broad SMARTS) is 1. The summed E-state index contributed by atoms with van der Waals surface area (Å²) in [5.41, 5.74) is 2.42. The van der Waals surface area contributed by atoms with E-state index < -0.39 is 23.0 Å². The summed E-state index contributed by atoms with van der Waals surface area (Å²) in [4.78, 5) is 36.4. The Balaban J connectivity index is 1.52. The first-order chi connectivity index (χ1) is 15.6. The first-order valence-corrected chi connectivity index (χ1v) is 11.2. The number of ether oxygens (including phenoxy) is 1. The van der Waals surface area contributed by atoms with Gasteiger partial charge in [-0.25, -0.2) is 9.59 Å². The first kappa shape index (κ1) is 24.3. The number of rotatable bonds is 9. The van der Waals surface area contributed by atoms with Gasteiger partial charge in [0.15, 0.2) is 0 Å². The van der Waals surface area contributed by atoms with Gasteiger partial charge < -0.3 is 20.5 Å². The van der Waals surface area contributed by atoms with Gasteiger partial charge in [-0.05, 0) is 42.0 Å². The molecule has 33 heavy (non-hydrogen) atoms. The maximum atomic E-state index is 12.6. The lowest BCUT2D eigenvalue weighted by atomic mass is 9.86. The molecule has 0 heterocycles. The molecule has 0 saturated carbocycles. The van der Waals surface area contributed by atoms with E-state index in [-0.39, 0.29) is 31.4 Å². The van der Waals surface area contributed by atoms with Crippen molar-refractivity contribution in [1.82, 2.24) is 10.6 Å². The third-order valence-corrected chi connectivity index (χ3v) is 6.55. The molecular formula is C26H32N2O5. The van der Waals surface area contributed by atoms with E-state index in [0.29, 0.717) is 6.42 Å². The van der Waals surface area contributed by atoms with Gasteiger partial charge in [0.1, 0.15) is 12.1 Å². The monoisotopic (exact) mass is 452 g/mol. The molecular weight excluding hydrogens is 420 g/mol. The number of carbonyl (C=O) groups excluding carboxylic acids is 2. The highest BCUT2D eigenvalue weighted by Crippen LogP contribution is 2.44. The van der Waals surface area contributed by atoms with E-state index in [1.807, 2.05) is 24.3 Å². The van der Waals surface area contributed by atoms with Gasteiger partial charge in [-0.1, -0.05) is 69.3 Å². The van der Waals surface area contributed by atoms with Gasteiger partial charge >= 0.3 is 12.1 Å².